The number of nitrogens with zero attached hydrogens (tertiary/aromatic N) is 1. The maximum absolute atomic E-state index is 11.4. The third-order valence-electron chi connectivity index (χ3n) is 2.47. The highest BCUT2D eigenvalue weighted by Crippen LogP contribution is 2.02. The molecule has 3 amide bonds. The summed E-state index contributed by atoms with van der Waals surface area (Å²) in [7, 11) is 1.90. The van der Waals surface area contributed by atoms with Gasteiger partial charge in [-0.1, -0.05) is 21.7 Å². The average molecular weight is 330 g/mol. The van der Waals surface area contributed by atoms with Gasteiger partial charge in [-0.15, -0.1) is 0 Å². The summed E-state index contributed by atoms with van der Waals surface area (Å²) in [4.78, 5) is 43.4. The van der Waals surface area contributed by atoms with Gasteiger partial charge in [-0.2, -0.15) is 0 Å². The summed E-state index contributed by atoms with van der Waals surface area (Å²) in [6.07, 6.45) is 6.31. The van der Waals surface area contributed by atoms with Crippen molar-refractivity contribution in [3.8, 4) is 0 Å². The SMILES string of the molecule is C/C=C\C(=O)N(C=O)CCCCCC(=O)NC(C)C.O=CP. The van der Waals surface area contributed by atoms with Crippen LogP contribution in [0.15, 0.2) is 12.2 Å². The van der Waals surface area contributed by atoms with E-state index in [0.717, 1.165) is 24.2 Å². The Balaban J connectivity index is 0. The minimum absolute atomic E-state index is 0.0484. The van der Waals surface area contributed by atoms with E-state index in [-0.39, 0.29) is 17.9 Å². The van der Waals surface area contributed by atoms with E-state index in [9.17, 15) is 14.4 Å². The van der Waals surface area contributed by atoms with Crippen LogP contribution in [0, 0.1) is 0 Å². The van der Waals surface area contributed by atoms with Gasteiger partial charge in [0.1, 0.15) is 6.03 Å². The lowest BCUT2D eigenvalue weighted by Gasteiger charge is -2.13. The molecule has 0 saturated carbocycles. The second-order valence-electron chi connectivity index (χ2n) is 4.81. The molecule has 0 aliphatic heterocycles. The van der Waals surface area contributed by atoms with Crippen molar-refractivity contribution in [3.63, 3.8) is 0 Å². The monoisotopic (exact) mass is 330 g/mol. The molecule has 0 bridgehead atoms. The quantitative estimate of drug-likeness (QED) is 0.302. The van der Waals surface area contributed by atoms with Crippen LogP contribution in [0.4, 0.5) is 0 Å². The molecule has 1 atom stereocenters. The first-order valence-electron chi connectivity index (χ1n) is 7.26. The molecule has 0 aliphatic rings. The van der Waals surface area contributed by atoms with Crippen molar-refractivity contribution < 1.29 is 19.2 Å². The largest absolute Gasteiger partial charge is 0.354 e. The number of hydrogen-bond acceptors (Lipinski definition) is 4. The second kappa shape index (κ2) is 15.8. The maximum atomic E-state index is 11.4. The van der Waals surface area contributed by atoms with Crippen LogP contribution >= 0.6 is 9.24 Å². The summed E-state index contributed by atoms with van der Waals surface area (Å²) >= 11 is 0. The van der Waals surface area contributed by atoms with Gasteiger partial charge in [-0.05, 0) is 39.7 Å². The molecule has 1 N–H and O–H groups in total. The fourth-order valence-electron chi connectivity index (χ4n) is 1.59. The van der Waals surface area contributed by atoms with Gasteiger partial charge in [-0.3, -0.25) is 24.1 Å². The predicted molar refractivity (Wildman–Crippen MR) is 90.8 cm³/mol. The molecule has 7 heteroatoms. The number of rotatable bonds is 9. The molecule has 1 unspecified atom stereocenters. The first kappa shape index (κ1) is 22.7. The molecule has 0 aromatic heterocycles. The predicted octanol–water partition coefficient (Wildman–Crippen LogP) is 1.68. The highest BCUT2D eigenvalue weighted by molar-refractivity contribution is 7.36. The summed E-state index contributed by atoms with van der Waals surface area (Å²) in [5.41, 5.74) is 0. The Morgan fingerprint density at radius 3 is 2.23 bits per heavy atom. The van der Waals surface area contributed by atoms with Crippen molar-refractivity contribution in [1.29, 1.82) is 0 Å². The van der Waals surface area contributed by atoms with E-state index in [1.807, 2.05) is 23.1 Å². The Morgan fingerprint density at radius 1 is 1.18 bits per heavy atom. The van der Waals surface area contributed by atoms with Crippen LogP contribution in [0.3, 0.4) is 0 Å². The van der Waals surface area contributed by atoms with Gasteiger partial charge in [0.05, 0.1) is 0 Å². The molecule has 22 heavy (non-hydrogen) atoms. The molecule has 0 fully saturated rings. The number of amides is 3. The standard InChI is InChI=1S/C14H24N2O3.CH3OP/c1-4-8-14(19)16(11-17)10-7-5-6-9-13(18)15-12(2)3;2-1-3/h4,8,11-12H,5-7,9-10H2,1-3H3,(H,15,18);1H,3H2/b8-4-;. The van der Waals surface area contributed by atoms with Crippen LogP contribution in [-0.4, -0.2) is 41.7 Å². The average Bonchev–Trinajstić information content (AvgIpc) is 2.43. The summed E-state index contributed by atoms with van der Waals surface area (Å²) in [5.74, 6) is -0.248. The van der Waals surface area contributed by atoms with Gasteiger partial charge in [0.25, 0.3) is 5.91 Å². The van der Waals surface area contributed by atoms with Crippen molar-refractivity contribution in [3.05, 3.63) is 12.2 Å². The molecular weight excluding hydrogens is 303 g/mol. The number of carbonyl (C=O) groups excluding carboxylic acids is 4. The van der Waals surface area contributed by atoms with E-state index in [1.54, 1.807) is 13.0 Å². The van der Waals surface area contributed by atoms with Gasteiger partial charge in [0.2, 0.25) is 12.3 Å². The van der Waals surface area contributed by atoms with Crippen LogP contribution in [0.5, 0.6) is 0 Å². The van der Waals surface area contributed by atoms with Gasteiger partial charge in [-0.25, -0.2) is 0 Å². The molecule has 0 saturated heterocycles. The molecule has 6 nitrogen and oxygen atoms in total. The van der Waals surface area contributed by atoms with Crippen LogP contribution in [0.1, 0.15) is 46.5 Å². The Hall–Kier alpha value is -1.55. The van der Waals surface area contributed by atoms with Gasteiger partial charge in [0.15, 0.2) is 0 Å². The van der Waals surface area contributed by atoms with Crippen LogP contribution in [-0.2, 0) is 19.2 Å². The number of nitrogens with one attached hydrogen (secondary N) is 1. The van der Waals surface area contributed by atoms with Crippen molar-refractivity contribution in [2.75, 3.05) is 6.54 Å². The molecular formula is C15H27N2O4P. The van der Waals surface area contributed by atoms with E-state index < -0.39 is 0 Å². The number of imide groups is 1. The molecule has 0 aromatic carbocycles. The maximum Gasteiger partial charge on any atom is 0.252 e. The smallest absolute Gasteiger partial charge is 0.252 e. The minimum atomic E-state index is -0.296. The van der Waals surface area contributed by atoms with Crippen molar-refractivity contribution in [2.24, 2.45) is 0 Å². The Labute approximate surface area is 134 Å². The molecule has 126 valence electrons. The lowest BCUT2D eigenvalue weighted by atomic mass is 10.1. The normalized spacial score (nSPS) is 9.86. The number of unbranched alkanes of at least 4 members (excludes halogenated alkanes) is 2. The molecule has 0 aliphatic carbocycles. The zero-order valence-corrected chi connectivity index (χ0v) is 14.7. The fraction of sp³-hybridized carbons (Fsp3) is 0.600. The Morgan fingerprint density at radius 2 is 1.77 bits per heavy atom. The van der Waals surface area contributed by atoms with Gasteiger partial charge >= 0.3 is 0 Å². The van der Waals surface area contributed by atoms with Crippen LogP contribution in [0.25, 0.3) is 0 Å². The highest BCUT2D eigenvalue weighted by Gasteiger charge is 2.08. The Bertz CT molecular complexity index is 371. The molecule has 0 radical (unpaired) electrons. The summed E-state index contributed by atoms with van der Waals surface area (Å²) in [6, 6.07) is 0.830. The van der Waals surface area contributed by atoms with E-state index in [2.05, 4.69) is 5.32 Å². The molecule has 0 rings (SSSR count). The Kier molecular flexibility index (Phi) is 16.4. The zero-order valence-electron chi connectivity index (χ0n) is 13.6. The first-order chi connectivity index (χ1) is 10.4. The lowest BCUT2D eigenvalue weighted by Crippen LogP contribution is -2.30. The number of hydrogen-bond donors (Lipinski definition) is 1. The number of allylic oxidation sites excluding steroid dienone is 1. The topological polar surface area (TPSA) is 83.6 Å². The summed E-state index contributed by atoms with van der Waals surface area (Å²) in [6.45, 7) is 5.98. The van der Waals surface area contributed by atoms with Gasteiger partial charge in [0, 0.05) is 19.0 Å². The van der Waals surface area contributed by atoms with Crippen LogP contribution in [0.2, 0.25) is 0 Å². The third-order valence-corrected chi connectivity index (χ3v) is 2.47. The summed E-state index contributed by atoms with van der Waals surface area (Å²) in [5, 5.41) is 2.82. The lowest BCUT2D eigenvalue weighted by molar-refractivity contribution is -0.134. The number of carbonyl (C=O) groups is 4. The van der Waals surface area contributed by atoms with Crippen molar-refractivity contribution in [2.45, 2.75) is 52.5 Å². The van der Waals surface area contributed by atoms with E-state index in [4.69, 9.17) is 4.79 Å². The fourth-order valence-corrected chi connectivity index (χ4v) is 1.59. The third kappa shape index (κ3) is 14.9. The molecule has 0 spiro atoms. The first-order valence-corrected chi connectivity index (χ1v) is 7.92. The second-order valence-corrected chi connectivity index (χ2v) is 5.08. The van der Waals surface area contributed by atoms with Crippen molar-refractivity contribution in [1.82, 2.24) is 10.2 Å². The van der Waals surface area contributed by atoms with Gasteiger partial charge < -0.3 is 5.32 Å². The highest BCUT2D eigenvalue weighted by atomic mass is 31.0. The summed E-state index contributed by atoms with van der Waals surface area (Å²) < 4.78 is 0. The van der Waals surface area contributed by atoms with E-state index in [0.29, 0.717) is 25.4 Å². The van der Waals surface area contributed by atoms with E-state index >= 15 is 0 Å². The molecule has 0 aromatic rings. The molecule has 0 heterocycles. The van der Waals surface area contributed by atoms with Crippen molar-refractivity contribution >= 4 is 33.5 Å². The van der Waals surface area contributed by atoms with E-state index in [1.165, 1.54) is 6.08 Å². The minimum Gasteiger partial charge on any atom is -0.354 e. The zero-order chi connectivity index (χ0) is 17.4. The van der Waals surface area contributed by atoms with Crippen LogP contribution < -0.4 is 5.32 Å².